The summed E-state index contributed by atoms with van der Waals surface area (Å²) in [6.07, 6.45) is 1.01. The maximum absolute atomic E-state index is 14.0. The Bertz CT molecular complexity index is 1550. The molecule has 1 fully saturated rings. The Balaban J connectivity index is 1.50. The number of thiazole rings is 1. The minimum absolute atomic E-state index is 0.189. The fourth-order valence-electron chi connectivity index (χ4n) is 5.26. The number of amides is 1. The number of nitrogens with zero attached hydrogens (tertiary/aromatic N) is 3. The molecule has 0 saturated carbocycles. The molecule has 0 spiro atoms. The first-order valence-electron chi connectivity index (χ1n) is 13.2. The van der Waals surface area contributed by atoms with Gasteiger partial charge in [-0.25, -0.2) is 13.4 Å². The molecule has 0 aliphatic carbocycles. The zero-order valence-corrected chi connectivity index (χ0v) is 24.7. The molecule has 1 aliphatic rings. The molecule has 1 aromatic heterocycles. The monoisotopic (exact) mass is 579 g/mol. The van der Waals surface area contributed by atoms with E-state index in [1.807, 2.05) is 36.4 Å². The quantitative estimate of drug-likeness (QED) is 0.261. The highest BCUT2D eigenvalue weighted by Gasteiger charge is 2.32. The Labute approximate surface area is 239 Å². The number of aromatic nitrogens is 1. The van der Waals surface area contributed by atoms with Crippen molar-refractivity contribution in [2.24, 2.45) is 11.8 Å². The molecule has 0 radical (unpaired) electrons. The summed E-state index contributed by atoms with van der Waals surface area (Å²) in [4.78, 5) is 20.5. The highest BCUT2D eigenvalue weighted by Crippen LogP contribution is 2.41. The number of sulfonamides is 1. The van der Waals surface area contributed by atoms with Crippen molar-refractivity contribution in [1.29, 1.82) is 0 Å². The number of benzene rings is 3. The maximum Gasteiger partial charge on any atom is 0.260 e. The Kier molecular flexibility index (Phi) is 8.11. The summed E-state index contributed by atoms with van der Waals surface area (Å²) >= 11 is 1.34. The van der Waals surface area contributed by atoms with Gasteiger partial charge in [-0.2, -0.15) is 4.31 Å². The molecule has 1 saturated heterocycles. The minimum atomic E-state index is -3.65. The Morgan fingerprint density at radius 3 is 2.20 bits per heavy atom. The Morgan fingerprint density at radius 2 is 1.57 bits per heavy atom. The van der Waals surface area contributed by atoms with Crippen LogP contribution in [0.2, 0.25) is 0 Å². The minimum Gasteiger partial charge on any atom is -0.495 e. The van der Waals surface area contributed by atoms with E-state index in [0.29, 0.717) is 52.6 Å². The molecule has 2 heterocycles. The van der Waals surface area contributed by atoms with Gasteiger partial charge in [-0.05, 0) is 60.2 Å². The predicted octanol–water partition coefficient (Wildman–Crippen LogP) is 5.83. The summed E-state index contributed by atoms with van der Waals surface area (Å²) in [5.41, 5.74) is 1.91. The lowest BCUT2D eigenvalue weighted by Crippen LogP contribution is -2.42. The van der Waals surface area contributed by atoms with Gasteiger partial charge in [0, 0.05) is 18.7 Å². The average molecular weight is 580 g/mol. The lowest BCUT2D eigenvalue weighted by atomic mass is 9.94. The largest absolute Gasteiger partial charge is 0.495 e. The summed E-state index contributed by atoms with van der Waals surface area (Å²) in [7, 11) is -0.485. The highest BCUT2D eigenvalue weighted by molar-refractivity contribution is 7.89. The molecule has 2 atom stereocenters. The van der Waals surface area contributed by atoms with Gasteiger partial charge in [0.05, 0.1) is 25.7 Å². The number of methoxy groups -OCH3 is 2. The van der Waals surface area contributed by atoms with E-state index in [1.54, 1.807) is 41.6 Å². The zero-order valence-electron chi connectivity index (χ0n) is 23.0. The van der Waals surface area contributed by atoms with Crippen molar-refractivity contribution in [3.8, 4) is 11.5 Å². The van der Waals surface area contributed by atoms with Crippen LogP contribution in [0.1, 0.15) is 36.2 Å². The fourth-order valence-corrected chi connectivity index (χ4v) is 8.01. The molecule has 1 aliphatic heterocycles. The van der Waals surface area contributed by atoms with E-state index in [-0.39, 0.29) is 17.3 Å². The van der Waals surface area contributed by atoms with Crippen LogP contribution in [0.5, 0.6) is 11.5 Å². The van der Waals surface area contributed by atoms with Gasteiger partial charge < -0.3 is 9.47 Å². The lowest BCUT2D eigenvalue weighted by Gasteiger charge is -2.34. The van der Waals surface area contributed by atoms with E-state index in [1.165, 1.54) is 23.5 Å². The van der Waals surface area contributed by atoms with E-state index in [4.69, 9.17) is 14.5 Å². The molecule has 10 heteroatoms. The van der Waals surface area contributed by atoms with Gasteiger partial charge in [0.1, 0.15) is 21.7 Å². The van der Waals surface area contributed by atoms with Crippen LogP contribution < -0.4 is 14.4 Å². The van der Waals surface area contributed by atoms with Gasteiger partial charge in [0.15, 0.2) is 5.13 Å². The lowest BCUT2D eigenvalue weighted by molar-refractivity contribution is 0.0985. The number of carbonyl (C=O) groups is 1. The maximum atomic E-state index is 14.0. The summed E-state index contributed by atoms with van der Waals surface area (Å²) in [6, 6.07) is 19.5. The molecular formula is C30H33N3O5S2. The van der Waals surface area contributed by atoms with Crippen LogP contribution in [-0.4, -0.2) is 50.9 Å². The van der Waals surface area contributed by atoms with E-state index in [0.717, 1.165) is 16.7 Å². The van der Waals surface area contributed by atoms with Crippen molar-refractivity contribution in [2.75, 3.05) is 32.2 Å². The van der Waals surface area contributed by atoms with Gasteiger partial charge >= 0.3 is 0 Å². The fraction of sp³-hybridized carbons (Fsp3) is 0.333. The number of carbonyl (C=O) groups excluding carboxylic acids is 1. The van der Waals surface area contributed by atoms with Crippen LogP contribution in [0.15, 0.2) is 71.6 Å². The zero-order chi connectivity index (χ0) is 28.4. The van der Waals surface area contributed by atoms with Crippen LogP contribution in [0.25, 0.3) is 10.2 Å². The predicted molar refractivity (Wildman–Crippen MR) is 158 cm³/mol. The number of hydrogen-bond acceptors (Lipinski definition) is 7. The number of piperidine rings is 1. The van der Waals surface area contributed by atoms with E-state index in [2.05, 4.69) is 13.8 Å². The second kappa shape index (κ2) is 11.6. The molecule has 0 bridgehead atoms. The van der Waals surface area contributed by atoms with Crippen LogP contribution in [0.4, 0.5) is 5.13 Å². The van der Waals surface area contributed by atoms with E-state index in [9.17, 15) is 13.2 Å². The van der Waals surface area contributed by atoms with Crippen molar-refractivity contribution < 1.29 is 22.7 Å². The number of rotatable bonds is 8. The van der Waals surface area contributed by atoms with Crippen molar-refractivity contribution in [3.05, 3.63) is 77.9 Å². The first-order valence-corrected chi connectivity index (χ1v) is 15.4. The molecule has 1 amide bonds. The van der Waals surface area contributed by atoms with Gasteiger partial charge in [0.25, 0.3) is 5.91 Å². The van der Waals surface area contributed by atoms with E-state index < -0.39 is 10.0 Å². The summed E-state index contributed by atoms with van der Waals surface area (Å²) < 4.78 is 40.1. The van der Waals surface area contributed by atoms with Crippen molar-refractivity contribution >= 4 is 42.6 Å². The van der Waals surface area contributed by atoms with E-state index >= 15 is 0 Å². The molecule has 2 unspecified atom stereocenters. The van der Waals surface area contributed by atoms with Gasteiger partial charge in [0.2, 0.25) is 10.0 Å². The van der Waals surface area contributed by atoms with Crippen LogP contribution in [-0.2, 0) is 16.6 Å². The Hall–Kier alpha value is -3.47. The summed E-state index contributed by atoms with van der Waals surface area (Å²) in [5.74, 6) is 1.54. The topological polar surface area (TPSA) is 89.0 Å². The molecule has 4 aromatic rings. The van der Waals surface area contributed by atoms with Crippen molar-refractivity contribution in [3.63, 3.8) is 0 Å². The second-order valence-corrected chi connectivity index (χ2v) is 13.2. The molecule has 3 aromatic carbocycles. The smallest absolute Gasteiger partial charge is 0.260 e. The second-order valence-electron chi connectivity index (χ2n) is 10.3. The van der Waals surface area contributed by atoms with Gasteiger partial charge in [-0.15, -0.1) is 0 Å². The molecule has 8 nitrogen and oxygen atoms in total. The first-order chi connectivity index (χ1) is 19.2. The third-order valence-corrected chi connectivity index (χ3v) is 10.1. The normalized spacial score (nSPS) is 18.0. The van der Waals surface area contributed by atoms with Crippen molar-refractivity contribution in [2.45, 2.75) is 31.7 Å². The number of hydrogen-bond donors (Lipinski definition) is 0. The first kappa shape index (κ1) is 28.1. The average Bonchev–Trinajstić information content (AvgIpc) is 3.40. The van der Waals surface area contributed by atoms with Crippen molar-refractivity contribution in [1.82, 2.24) is 9.29 Å². The molecule has 0 N–H and O–H groups in total. The number of fused-ring (bicyclic) bond motifs is 1. The number of ether oxygens (including phenoxy) is 2. The number of anilines is 1. The van der Waals surface area contributed by atoms with Crippen LogP contribution in [0.3, 0.4) is 0 Å². The van der Waals surface area contributed by atoms with Gasteiger partial charge in [-0.3, -0.25) is 9.69 Å². The Morgan fingerprint density at radius 1 is 0.950 bits per heavy atom. The summed E-state index contributed by atoms with van der Waals surface area (Å²) in [6.45, 7) is 5.45. The molecular weight excluding hydrogens is 546 g/mol. The van der Waals surface area contributed by atoms with Crippen LogP contribution >= 0.6 is 11.3 Å². The molecule has 210 valence electrons. The third kappa shape index (κ3) is 5.56. The van der Waals surface area contributed by atoms with Gasteiger partial charge in [-0.1, -0.05) is 55.5 Å². The van der Waals surface area contributed by atoms with Crippen LogP contribution in [0, 0.1) is 11.8 Å². The third-order valence-electron chi connectivity index (χ3n) is 7.13. The summed E-state index contributed by atoms with van der Waals surface area (Å²) in [5, 5.41) is 0.486. The molecule has 5 rings (SSSR count). The molecule has 40 heavy (non-hydrogen) atoms. The SMILES string of the molecule is COc1ccc(OC)c2sc(N(Cc3ccccc3)C(=O)c3ccc(S(=O)(=O)N4CC(C)CC(C)C4)cc3)nc12. The highest BCUT2D eigenvalue weighted by atomic mass is 32.2. The standard InChI is InChI=1S/C30H33N3O5S2/c1-20-16-21(2)18-32(17-20)40(35,36)24-12-10-23(11-13-24)29(34)33(19-22-8-6-5-7-9-22)30-31-27-25(37-3)14-15-26(38-4)28(27)39-30/h5-15,20-21H,16-19H2,1-4H3.